The first kappa shape index (κ1) is 21.4. The number of hydrogen-bond donors (Lipinski definition) is 0. The maximum Gasteiger partial charge on any atom is 0.310 e. The average Bonchev–Trinajstić information content (AvgIpc) is 3.32. The average molecular weight is 431 g/mol. The van der Waals surface area contributed by atoms with Gasteiger partial charge in [0.1, 0.15) is 11.3 Å². The molecule has 164 valence electrons. The quantitative estimate of drug-likeness (QED) is 0.300. The van der Waals surface area contributed by atoms with E-state index in [1.807, 2.05) is 61.7 Å². The van der Waals surface area contributed by atoms with E-state index in [1.54, 1.807) is 19.2 Å². The first-order valence-corrected chi connectivity index (χ1v) is 10.4. The second-order valence-electron chi connectivity index (χ2n) is 7.84. The van der Waals surface area contributed by atoms with Gasteiger partial charge in [0, 0.05) is 39.7 Å². The first-order valence-electron chi connectivity index (χ1n) is 10.4. The topological polar surface area (TPSA) is 70.7 Å². The van der Waals surface area contributed by atoms with Crippen LogP contribution in [0.1, 0.15) is 32.9 Å². The number of rotatable bonds is 7. The Hall–Kier alpha value is -3.80. The molecule has 2 aromatic carbocycles. The monoisotopic (exact) mass is 431 g/mol. The molecule has 0 aliphatic carbocycles. The van der Waals surface area contributed by atoms with E-state index in [4.69, 9.17) is 13.9 Å². The molecule has 0 saturated heterocycles. The molecule has 6 nitrogen and oxygen atoms in total. The van der Waals surface area contributed by atoms with E-state index >= 15 is 0 Å². The van der Waals surface area contributed by atoms with E-state index in [-0.39, 0.29) is 18.8 Å². The molecule has 0 spiro atoms. The highest BCUT2D eigenvalue weighted by Crippen LogP contribution is 2.26. The van der Waals surface area contributed by atoms with E-state index in [9.17, 15) is 9.59 Å². The zero-order valence-electron chi connectivity index (χ0n) is 18.6. The summed E-state index contributed by atoms with van der Waals surface area (Å²) in [5.41, 5.74) is 5.82. The second kappa shape index (κ2) is 8.75. The fourth-order valence-corrected chi connectivity index (χ4v) is 3.89. The lowest BCUT2D eigenvalue weighted by atomic mass is 10.1. The second-order valence-corrected chi connectivity index (χ2v) is 7.84. The van der Waals surface area contributed by atoms with Crippen molar-refractivity contribution in [3.05, 3.63) is 82.9 Å². The van der Waals surface area contributed by atoms with Crippen LogP contribution in [0.25, 0.3) is 16.7 Å². The fraction of sp³-hybridized carbons (Fsp3) is 0.231. The number of benzene rings is 2. The maximum atomic E-state index is 12.8. The third-order valence-corrected chi connectivity index (χ3v) is 5.59. The predicted molar refractivity (Wildman–Crippen MR) is 122 cm³/mol. The predicted octanol–water partition coefficient (Wildman–Crippen LogP) is 5.13. The molecule has 0 aliphatic rings. The molecule has 32 heavy (non-hydrogen) atoms. The Morgan fingerprint density at radius 1 is 1.00 bits per heavy atom. The highest BCUT2D eigenvalue weighted by molar-refractivity contribution is 5.99. The van der Waals surface area contributed by atoms with Gasteiger partial charge in [-0.1, -0.05) is 17.7 Å². The number of esters is 1. The SMILES string of the molecule is COc1ccc2c(CC(=O)OCC(=O)c3cc(C)n(-c4ccc(C)cc4)c3C)coc2c1. The summed E-state index contributed by atoms with van der Waals surface area (Å²) in [5.74, 6) is -0.0365. The van der Waals surface area contributed by atoms with Gasteiger partial charge >= 0.3 is 5.97 Å². The third kappa shape index (κ3) is 4.17. The zero-order valence-corrected chi connectivity index (χ0v) is 18.6. The van der Waals surface area contributed by atoms with Crippen LogP contribution in [-0.4, -0.2) is 30.0 Å². The van der Waals surface area contributed by atoms with Crippen LogP contribution >= 0.6 is 0 Å². The number of ketones is 1. The Morgan fingerprint density at radius 2 is 1.75 bits per heavy atom. The van der Waals surface area contributed by atoms with Crippen LogP contribution in [-0.2, 0) is 16.0 Å². The van der Waals surface area contributed by atoms with Gasteiger partial charge in [-0.15, -0.1) is 0 Å². The minimum Gasteiger partial charge on any atom is -0.497 e. The van der Waals surface area contributed by atoms with Crippen molar-refractivity contribution in [2.75, 3.05) is 13.7 Å². The first-order chi connectivity index (χ1) is 15.4. The van der Waals surface area contributed by atoms with Crippen molar-refractivity contribution in [3.8, 4) is 11.4 Å². The number of fused-ring (bicyclic) bond motifs is 1. The number of carbonyl (C=O) groups excluding carboxylic acids is 2. The lowest BCUT2D eigenvalue weighted by molar-refractivity contribution is -0.141. The van der Waals surface area contributed by atoms with Crippen molar-refractivity contribution in [2.24, 2.45) is 0 Å². The molecule has 0 bridgehead atoms. The number of aromatic nitrogens is 1. The molecule has 0 N–H and O–H groups in total. The van der Waals surface area contributed by atoms with Crippen LogP contribution < -0.4 is 4.74 Å². The summed E-state index contributed by atoms with van der Waals surface area (Å²) in [6, 6.07) is 15.4. The van der Waals surface area contributed by atoms with Gasteiger partial charge in [0.2, 0.25) is 5.78 Å². The molecule has 2 aromatic heterocycles. The fourth-order valence-electron chi connectivity index (χ4n) is 3.89. The van der Waals surface area contributed by atoms with Crippen LogP contribution in [0.15, 0.2) is 59.2 Å². The Kier molecular flexibility index (Phi) is 5.86. The summed E-state index contributed by atoms with van der Waals surface area (Å²) < 4.78 is 18.0. The minimum absolute atomic E-state index is 0.0228. The molecule has 0 saturated carbocycles. The van der Waals surface area contributed by atoms with Gasteiger partial charge in [0.25, 0.3) is 0 Å². The van der Waals surface area contributed by atoms with Crippen LogP contribution in [0.3, 0.4) is 0 Å². The molecule has 4 aromatic rings. The summed E-state index contributed by atoms with van der Waals surface area (Å²) in [6.45, 7) is 5.58. The lowest BCUT2D eigenvalue weighted by Gasteiger charge is -2.10. The summed E-state index contributed by atoms with van der Waals surface area (Å²) in [4.78, 5) is 25.2. The molecule has 0 radical (unpaired) electrons. The Morgan fingerprint density at radius 3 is 2.47 bits per heavy atom. The summed E-state index contributed by atoms with van der Waals surface area (Å²) in [7, 11) is 1.58. The number of nitrogens with zero attached hydrogens (tertiary/aromatic N) is 1. The zero-order chi connectivity index (χ0) is 22.8. The van der Waals surface area contributed by atoms with Gasteiger partial charge in [-0.2, -0.15) is 0 Å². The Labute approximate surface area is 186 Å². The summed E-state index contributed by atoms with van der Waals surface area (Å²) in [5, 5.41) is 0.815. The molecule has 2 heterocycles. The Balaban J connectivity index is 1.43. The normalized spacial score (nSPS) is 11.0. The van der Waals surface area contributed by atoms with Crippen molar-refractivity contribution in [2.45, 2.75) is 27.2 Å². The highest BCUT2D eigenvalue weighted by Gasteiger charge is 2.19. The van der Waals surface area contributed by atoms with Crippen LogP contribution in [0.4, 0.5) is 0 Å². The van der Waals surface area contributed by atoms with Crippen LogP contribution in [0.2, 0.25) is 0 Å². The van der Waals surface area contributed by atoms with Crippen molar-refractivity contribution >= 4 is 22.7 Å². The smallest absolute Gasteiger partial charge is 0.310 e. The van der Waals surface area contributed by atoms with Gasteiger partial charge in [0.15, 0.2) is 6.61 Å². The van der Waals surface area contributed by atoms with Crippen molar-refractivity contribution in [1.29, 1.82) is 0 Å². The molecular weight excluding hydrogens is 406 g/mol. The number of ether oxygens (including phenoxy) is 2. The third-order valence-electron chi connectivity index (χ3n) is 5.59. The van der Waals surface area contributed by atoms with Crippen molar-refractivity contribution in [1.82, 2.24) is 4.57 Å². The minimum atomic E-state index is -0.482. The number of furan rings is 1. The number of carbonyl (C=O) groups is 2. The standard InChI is InChI=1S/C26H25NO5/c1-16-5-7-20(8-6-16)27-17(2)11-23(18(27)3)24(28)15-32-26(29)12-19-14-31-25-13-21(30-4)9-10-22(19)25/h5-11,13-14H,12,15H2,1-4H3. The molecule has 0 amide bonds. The van der Waals surface area contributed by atoms with Crippen LogP contribution in [0, 0.1) is 20.8 Å². The molecule has 0 aliphatic heterocycles. The van der Waals surface area contributed by atoms with Gasteiger partial charge in [-0.05, 0) is 51.1 Å². The molecular formula is C26H25NO5. The molecule has 0 unspecified atom stereocenters. The van der Waals surface area contributed by atoms with E-state index in [0.29, 0.717) is 22.5 Å². The largest absolute Gasteiger partial charge is 0.497 e. The molecule has 0 atom stereocenters. The number of methoxy groups -OCH3 is 1. The molecule has 4 rings (SSSR count). The van der Waals surface area contributed by atoms with Crippen molar-refractivity contribution < 1.29 is 23.5 Å². The molecule has 0 fully saturated rings. The van der Waals surface area contributed by atoms with E-state index < -0.39 is 5.97 Å². The summed E-state index contributed by atoms with van der Waals surface area (Å²) in [6.07, 6.45) is 1.55. The number of Topliss-reactive ketones (excluding diaryl/α,β-unsaturated/α-hetero) is 1. The number of aryl methyl sites for hydroxylation is 2. The maximum absolute atomic E-state index is 12.8. The lowest BCUT2D eigenvalue weighted by Crippen LogP contribution is -2.16. The Bertz CT molecular complexity index is 1290. The van der Waals surface area contributed by atoms with E-state index in [1.165, 1.54) is 11.8 Å². The highest BCUT2D eigenvalue weighted by atomic mass is 16.5. The van der Waals surface area contributed by atoms with E-state index in [0.717, 1.165) is 22.5 Å². The molecule has 6 heteroatoms. The van der Waals surface area contributed by atoms with Gasteiger partial charge in [-0.25, -0.2) is 0 Å². The van der Waals surface area contributed by atoms with Gasteiger partial charge < -0.3 is 18.5 Å². The van der Waals surface area contributed by atoms with Gasteiger partial charge in [0.05, 0.1) is 19.8 Å². The van der Waals surface area contributed by atoms with Crippen LogP contribution in [0.5, 0.6) is 5.75 Å². The number of hydrogen-bond acceptors (Lipinski definition) is 5. The van der Waals surface area contributed by atoms with E-state index in [2.05, 4.69) is 0 Å². The summed E-state index contributed by atoms with van der Waals surface area (Å²) >= 11 is 0. The van der Waals surface area contributed by atoms with Crippen molar-refractivity contribution in [3.63, 3.8) is 0 Å². The van der Waals surface area contributed by atoms with Gasteiger partial charge in [-0.3, -0.25) is 9.59 Å².